The molecule has 0 N–H and O–H groups in total. The highest BCUT2D eigenvalue weighted by Crippen LogP contribution is 2.41. The van der Waals surface area contributed by atoms with E-state index < -0.39 is 12.1 Å². The molecule has 0 bridgehead atoms. The summed E-state index contributed by atoms with van der Waals surface area (Å²) < 4.78 is 18.2. The predicted octanol–water partition coefficient (Wildman–Crippen LogP) is 3.52. The second-order valence-electron chi connectivity index (χ2n) is 6.95. The molecule has 0 fully saturated rings. The fourth-order valence-electron chi connectivity index (χ4n) is 3.17. The van der Waals surface area contributed by atoms with Crippen molar-refractivity contribution in [1.29, 1.82) is 0 Å². The highest BCUT2D eigenvalue weighted by atomic mass is 32.1. The van der Waals surface area contributed by atoms with Crippen LogP contribution in [0.3, 0.4) is 0 Å². The van der Waals surface area contributed by atoms with Crippen LogP contribution in [0.15, 0.2) is 24.5 Å². The van der Waals surface area contributed by atoms with E-state index in [1.54, 1.807) is 30.7 Å². The Morgan fingerprint density at radius 1 is 1.31 bits per heavy atom. The van der Waals surface area contributed by atoms with Crippen molar-refractivity contribution in [2.45, 2.75) is 39.3 Å². The van der Waals surface area contributed by atoms with Crippen molar-refractivity contribution in [2.75, 3.05) is 13.7 Å². The largest absolute Gasteiger partial charge is 0.492 e. The molecule has 0 saturated heterocycles. The summed E-state index contributed by atoms with van der Waals surface area (Å²) in [5.41, 5.74) is 1.79. The number of esters is 1. The summed E-state index contributed by atoms with van der Waals surface area (Å²) in [5.74, 6) is 1.56. The normalized spacial score (nSPS) is 13.8. The molecule has 1 aromatic carbocycles. The van der Waals surface area contributed by atoms with Crippen molar-refractivity contribution in [2.24, 2.45) is 0 Å². The van der Waals surface area contributed by atoms with Gasteiger partial charge in [0.15, 0.2) is 16.9 Å². The van der Waals surface area contributed by atoms with E-state index in [1.165, 1.54) is 7.11 Å². The number of carbonyl (C=O) groups is 1. The van der Waals surface area contributed by atoms with Crippen LogP contribution in [-0.4, -0.2) is 45.5 Å². The lowest BCUT2D eigenvalue weighted by Gasteiger charge is -2.14. The van der Waals surface area contributed by atoms with Crippen LogP contribution >= 0.6 is 11.3 Å². The number of benzene rings is 1. The molecule has 1 atom stereocenters. The third-order valence-electron chi connectivity index (χ3n) is 4.59. The zero-order chi connectivity index (χ0) is 20.5. The van der Waals surface area contributed by atoms with Gasteiger partial charge in [0.25, 0.3) is 0 Å². The fourth-order valence-corrected chi connectivity index (χ4v) is 4.22. The first-order chi connectivity index (χ1) is 14.0. The van der Waals surface area contributed by atoms with E-state index in [1.807, 2.05) is 16.8 Å². The van der Waals surface area contributed by atoms with Crippen LogP contribution < -0.4 is 9.47 Å². The maximum atomic E-state index is 11.6. The summed E-state index contributed by atoms with van der Waals surface area (Å²) in [6.45, 7) is 6.32. The van der Waals surface area contributed by atoms with Crippen molar-refractivity contribution < 1.29 is 19.0 Å². The van der Waals surface area contributed by atoms with Gasteiger partial charge in [-0.15, -0.1) is 11.3 Å². The number of hydrogen-bond acceptors (Lipinski definition) is 8. The molecule has 3 heterocycles. The number of nitrogens with zero attached hydrogens (tertiary/aromatic N) is 4. The fraction of sp³-hybridized carbons (Fsp3) is 0.400. The lowest BCUT2D eigenvalue weighted by molar-refractivity contribution is -0.147. The first kappa shape index (κ1) is 19.4. The molecule has 0 amide bonds. The summed E-state index contributed by atoms with van der Waals surface area (Å²) in [4.78, 5) is 22.0. The van der Waals surface area contributed by atoms with Crippen LogP contribution in [0, 0.1) is 0 Å². The van der Waals surface area contributed by atoms with Gasteiger partial charge in [-0.3, -0.25) is 0 Å². The standard InChI is InChI=1S/C20H22N4O4S/c1-11(2)24-18(21-10-22-24)19-23-17-14-6-5-13(28-12(3)20(25)26-4)9-15(14)27-8-7-16(17)29-19/h5-6,9-12H,7-8H2,1-4H3. The molecule has 0 radical (unpaired) electrons. The van der Waals surface area contributed by atoms with Gasteiger partial charge in [0, 0.05) is 29.0 Å². The molecular weight excluding hydrogens is 392 g/mol. The molecule has 1 aliphatic rings. The smallest absolute Gasteiger partial charge is 0.346 e. The van der Waals surface area contributed by atoms with Gasteiger partial charge < -0.3 is 14.2 Å². The minimum absolute atomic E-state index is 0.198. The Hall–Kier alpha value is -2.94. The number of methoxy groups -OCH3 is 1. The van der Waals surface area contributed by atoms with Crippen molar-refractivity contribution in [3.8, 4) is 33.6 Å². The van der Waals surface area contributed by atoms with Crippen LogP contribution in [0.5, 0.6) is 11.5 Å². The van der Waals surface area contributed by atoms with E-state index >= 15 is 0 Å². The molecule has 9 heteroatoms. The van der Waals surface area contributed by atoms with Crippen LogP contribution in [0.4, 0.5) is 0 Å². The average Bonchev–Trinajstić information content (AvgIpc) is 3.31. The van der Waals surface area contributed by atoms with Crippen LogP contribution in [0.2, 0.25) is 0 Å². The molecule has 29 heavy (non-hydrogen) atoms. The van der Waals surface area contributed by atoms with E-state index in [0.717, 1.165) is 33.4 Å². The van der Waals surface area contributed by atoms with Crippen LogP contribution in [0.1, 0.15) is 31.7 Å². The SMILES string of the molecule is COC(=O)C(C)Oc1ccc2c(c1)OCCc1sc(-c3ncnn3C(C)C)nc1-2. The second-order valence-corrected chi connectivity index (χ2v) is 8.04. The lowest BCUT2D eigenvalue weighted by atomic mass is 10.1. The van der Waals surface area contributed by atoms with Gasteiger partial charge in [-0.25, -0.2) is 19.4 Å². The van der Waals surface area contributed by atoms with Crippen LogP contribution in [0.25, 0.3) is 22.1 Å². The van der Waals surface area contributed by atoms with Gasteiger partial charge in [-0.05, 0) is 32.9 Å². The number of carbonyl (C=O) groups excluding carboxylic acids is 1. The summed E-state index contributed by atoms with van der Waals surface area (Å²) >= 11 is 1.62. The molecule has 0 spiro atoms. The van der Waals surface area contributed by atoms with E-state index in [9.17, 15) is 4.79 Å². The lowest BCUT2D eigenvalue weighted by Crippen LogP contribution is -2.24. The van der Waals surface area contributed by atoms with Crippen LogP contribution in [-0.2, 0) is 16.0 Å². The molecule has 1 aliphatic heterocycles. The molecule has 4 rings (SSSR count). The number of ether oxygens (including phenoxy) is 3. The zero-order valence-electron chi connectivity index (χ0n) is 16.7. The average molecular weight is 414 g/mol. The Labute approximate surface area is 172 Å². The zero-order valence-corrected chi connectivity index (χ0v) is 17.5. The summed E-state index contributed by atoms with van der Waals surface area (Å²) in [7, 11) is 1.34. The maximum absolute atomic E-state index is 11.6. The molecule has 2 aromatic heterocycles. The number of rotatable bonds is 5. The minimum atomic E-state index is -0.701. The van der Waals surface area contributed by atoms with E-state index in [4.69, 9.17) is 19.2 Å². The number of fused-ring (bicyclic) bond motifs is 3. The Morgan fingerprint density at radius 3 is 2.90 bits per heavy atom. The molecule has 1 unspecified atom stereocenters. The molecular formula is C20H22N4O4S. The highest BCUT2D eigenvalue weighted by Gasteiger charge is 2.24. The van der Waals surface area contributed by atoms with Crippen molar-refractivity contribution in [3.05, 3.63) is 29.4 Å². The topological polar surface area (TPSA) is 88.4 Å². The highest BCUT2D eigenvalue weighted by molar-refractivity contribution is 7.15. The van der Waals surface area contributed by atoms with Crippen molar-refractivity contribution in [1.82, 2.24) is 19.7 Å². The molecule has 0 aliphatic carbocycles. The number of hydrogen-bond donors (Lipinski definition) is 0. The summed E-state index contributed by atoms with van der Waals surface area (Å²) in [6, 6.07) is 5.71. The quantitative estimate of drug-likeness (QED) is 0.590. The first-order valence-corrected chi connectivity index (χ1v) is 10.2. The van der Waals surface area contributed by atoms with Gasteiger partial charge in [0.1, 0.15) is 17.8 Å². The van der Waals surface area contributed by atoms with Gasteiger partial charge in [0.2, 0.25) is 0 Å². The molecule has 152 valence electrons. The van der Waals surface area contributed by atoms with Gasteiger partial charge in [-0.1, -0.05) is 0 Å². The van der Waals surface area contributed by atoms with Crippen molar-refractivity contribution in [3.63, 3.8) is 0 Å². The van der Waals surface area contributed by atoms with E-state index in [2.05, 4.69) is 23.9 Å². The van der Waals surface area contributed by atoms with E-state index in [0.29, 0.717) is 18.1 Å². The van der Waals surface area contributed by atoms with Gasteiger partial charge >= 0.3 is 5.97 Å². The Bertz CT molecular complexity index is 1040. The number of aromatic nitrogens is 4. The van der Waals surface area contributed by atoms with Gasteiger partial charge in [-0.2, -0.15) is 5.10 Å². The predicted molar refractivity (Wildman–Crippen MR) is 108 cm³/mol. The maximum Gasteiger partial charge on any atom is 0.346 e. The van der Waals surface area contributed by atoms with Gasteiger partial charge in [0.05, 0.1) is 19.4 Å². The third-order valence-corrected chi connectivity index (χ3v) is 5.70. The Kier molecular flexibility index (Phi) is 5.23. The minimum Gasteiger partial charge on any atom is -0.492 e. The molecule has 8 nitrogen and oxygen atoms in total. The summed E-state index contributed by atoms with van der Waals surface area (Å²) in [5, 5.41) is 5.16. The second kappa shape index (κ2) is 7.82. The van der Waals surface area contributed by atoms with Crippen molar-refractivity contribution >= 4 is 17.3 Å². The molecule has 0 saturated carbocycles. The summed E-state index contributed by atoms with van der Waals surface area (Å²) in [6.07, 6.45) is 1.62. The Balaban J connectivity index is 1.69. The first-order valence-electron chi connectivity index (χ1n) is 9.39. The van der Waals surface area contributed by atoms with E-state index in [-0.39, 0.29) is 6.04 Å². The third kappa shape index (κ3) is 3.69. The molecule has 3 aromatic rings. The monoisotopic (exact) mass is 414 g/mol. The number of thiazole rings is 1. The Morgan fingerprint density at radius 2 is 2.14 bits per heavy atom.